The van der Waals surface area contributed by atoms with Crippen molar-refractivity contribution in [3.8, 4) is 0 Å². The van der Waals surface area contributed by atoms with Crippen molar-refractivity contribution in [1.29, 1.82) is 0 Å². The number of nitrogens with zero attached hydrogens (tertiary/aromatic N) is 2. The highest BCUT2D eigenvalue weighted by atomic mass is 32.1. The predicted octanol–water partition coefficient (Wildman–Crippen LogP) is 2.69. The van der Waals surface area contributed by atoms with E-state index in [1.54, 1.807) is 11.3 Å². The highest BCUT2D eigenvalue weighted by Gasteiger charge is 2.12. The third-order valence-corrected chi connectivity index (χ3v) is 3.47. The van der Waals surface area contributed by atoms with Crippen molar-refractivity contribution in [1.82, 2.24) is 9.97 Å². The van der Waals surface area contributed by atoms with Gasteiger partial charge in [-0.25, -0.2) is 4.98 Å². The Morgan fingerprint density at radius 3 is 2.76 bits per heavy atom. The molecule has 0 aliphatic heterocycles. The van der Waals surface area contributed by atoms with Crippen LogP contribution in [0, 0.1) is 6.92 Å². The summed E-state index contributed by atoms with van der Waals surface area (Å²) in [6.07, 6.45) is 2.82. The largest absolute Gasteiger partial charge is 0.386 e. The fraction of sp³-hybridized carbons (Fsp3) is 0.385. The summed E-state index contributed by atoms with van der Waals surface area (Å²) in [7, 11) is 0. The lowest BCUT2D eigenvalue weighted by atomic mass is 10.1. The second kappa shape index (κ2) is 5.38. The zero-order valence-electron chi connectivity index (χ0n) is 10.1. The van der Waals surface area contributed by atoms with Gasteiger partial charge in [0.15, 0.2) is 0 Å². The maximum Gasteiger partial charge on any atom is 0.102 e. The summed E-state index contributed by atoms with van der Waals surface area (Å²) < 4.78 is 0. The lowest BCUT2D eigenvalue weighted by Gasteiger charge is -2.07. The van der Waals surface area contributed by atoms with E-state index in [0.717, 1.165) is 22.8 Å². The van der Waals surface area contributed by atoms with Crippen LogP contribution in [0.4, 0.5) is 0 Å². The van der Waals surface area contributed by atoms with E-state index in [-0.39, 0.29) is 0 Å². The quantitative estimate of drug-likeness (QED) is 0.905. The standard InChI is InChI=1S/C13H16N2OS/c1-3-10-4-5-11(14-7-10)6-13(16)12-8-17-9(2)15-12/h4-5,7-8,13,16H,3,6H2,1-2H3. The Hall–Kier alpha value is -1.26. The molecule has 2 aromatic rings. The van der Waals surface area contributed by atoms with Crippen LogP contribution in [0.15, 0.2) is 23.7 Å². The Morgan fingerprint density at radius 2 is 2.24 bits per heavy atom. The maximum absolute atomic E-state index is 10.0. The normalized spacial score (nSPS) is 12.6. The molecule has 17 heavy (non-hydrogen) atoms. The molecule has 0 aliphatic carbocycles. The Bertz CT molecular complexity index is 478. The van der Waals surface area contributed by atoms with Gasteiger partial charge in [0, 0.05) is 23.7 Å². The van der Waals surface area contributed by atoms with E-state index in [0.29, 0.717) is 6.42 Å². The van der Waals surface area contributed by atoms with Crippen LogP contribution in [0.5, 0.6) is 0 Å². The van der Waals surface area contributed by atoms with Gasteiger partial charge in [-0.05, 0) is 25.0 Å². The molecule has 4 heteroatoms. The summed E-state index contributed by atoms with van der Waals surface area (Å²) in [6.45, 7) is 4.04. The molecule has 1 N–H and O–H groups in total. The zero-order valence-corrected chi connectivity index (χ0v) is 10.9. The molecule has 3 nitrogen and oxygen atoms in total. The summed E-state index contributed by atoms with van der Waals surface area (Å²) in [4.78, 5) is 8.62. The molecule has 0 amide bonds. The number of aryl methyl sites for hydroxylation is 2. The van der Waals surface area contributed by atoms with E-state index < -0.39 is 6.10 Å². The Kier molecular flexibility index (Phi) is 3.86. The van der Waals surface area contributed by atoms with Crippen molar-refractivity contribution in [2.45, 2.75) is 32.8 Å². The molecule has 1 unspecified atom stereocenters. The van der Waals surface area contributed by atoms with Crippen molar-refractivity contribution < 1.29 is 5.11 Å². The Balaban J connectivity index is 2.04. The minimum absolute atomic E-state index is 0.521. The van der Waals surface area contributed by atoms with Gasteiger partial charge in [-0.15, -0.1) is 11.3 Å². The topological polar surface area (TPSA) is 46.0 Å². The van der Waals surface area contributed by atoms with Gasteiger partial charge in [-0.2, -0.15) is 0 Å². The molecule has 0 fully saturated rings. The molecule has 0 radical (unpaired) electrons. The van der Waals surface area contributed by atoms with Crippen molar-refractivity contribution in [2.75, 3.05) is 0 Å². The minimum Gasteiger partial charge on any atom is -0.386 e. The molecule has 0 saturated carbocycles. The molecule has 0 spiro atoms. The zero-order chi connectivity index (χ0) is 12.3. The van der Waals surface area contributed by atoms with Crippen LogP contribution >= 0.6 is 11.3 Å². The van der Waals surface area contributed by atoms with Crippen molar-refractivity contribution in [3.63, 3.8) is 0 Å². The summed E-state index contributed by atoms with van der Waals surface area (Å²) >= 11 is 1.56. The monoisotopic (exact) mass is 248 g/mol. The molecule has 0 bridgehead atoms. The van der Waals surface area contributed by atoms with Crippen molar-refractivity contribution in [2.24, 2.45) is 0 Å². The fourth-order valence-corrected chi connectivity index (χ4v) is 2.28. The summed E-state index contributed by atoms with van der Waals surface area (Å²) in [6, 6.07) is 4.03. The molecule has 2 rings (SSSR count). The van der Waals surface area contributed by atoms with Gasteiger partial charge in [0.2, 0.25) is 0 Å². The number of pyridine rings is 1. The van der Waals surface area contributed by atoms with Crippen LogP contribution in [0.3, 0.4) is 0 Å². The first-order valence-corrected chi connectivity index (χ1v) is 6.61. The average molecular weight is 248 g/mol. The van der Waals surface area contributed by atoms with Crippen LogP contribution in [0.1, 0.15) is 35.0 Å². The van der Waals surface area contributed by atoms with Crippen LogP contribution in [0.2, 0.25) is 0 Å². The van der Waals surface area contributed by atoms with Gasteiger partial charge in [0.1, 0.15) is 6.10 Å². The Morgan fingerprint density at radius 1 is 1.41 bits per heavy atom. The lowest BCUT2D eigenvalue weighted by Crippen LogP contribution is -2.04. The smallest absolute Gasteiger partial charge is 0.102 e. The predicted molar refractivity (Wildman–Crippen MR) is 69.1 cm³/mol. The molecule has 2 aromatic heterocycles. The van der Waals surface area contributed by atoms with Gasteiger partial charge >= 0.3 is 0 Å². The van der Waals surface area contributed by atoms with Crippen LogP contribution in [-0.4, -0.2) is 15.1 Å². The first kappa shape index (κ1) is 12.2. The molecular formula is C13H16N2OS. The number of aliphatic hydroxyl groups excluding tert-OH is 1. The number of aliphatic hydroxyl groups is 1. The Labute approximate surface area is 105 Å². The number of hydrogen-bond donors (Lipinski definition) is 1. The lowest BCUT2D eigenvalue weighted by molar-refractivity contribution is 0.173. The van der Waals surface area contributed by atoms with Gasteiger partial charge in [-0.3, -0.25) is 4.98 Å². The van der Waals surface area contributed by atoms with Gasteiger partial charge in [0.25, 0.3) is 0 Å². The van der Waals surface area contributed by atoms with Gasteiger partial charge < -0.3 is 5.11 Å². The summed E-state index contributed by atoms with van der Waals surface area (Å²) in [5, 5.41) is 12.9. The average Bonchev–Trinajstić information content (AvgIpc) is 2.77. The number of hydrogen-bond acceptors (Lipinski definition) is 4. The van der Waals surface area contributed by atoms with Crippen LogP contribution < -0.4 is 0 Å². The third kappa shape index (κ3) is 3.11. The third-order valence-electron chi connectivity index (χ3n) is 2.67. The number of thiazole rings is 1. The van der Waals surface area contributed by atoms with Crippen molar-refractivity contribution in [3.05, 3.63) is 45.7 Å². The SMILES string of the molecule is CCc1ccc(CC(O)c2csc(C)n2)nc1. The minimum atomic E-state index is -0.556. The first-order valence-electron chi connectivity index (χ1n) is 5.73. The molecule has 1 atom stereocenters. The van der Waals surface area contributed by atoms with E-state index in [4.69, 9.17) is 0 Å². The summed E-state index contributed by atoms with van der Waals surface area (Å²) in [5.41, 5.74) is 2.86. The molecule has 2 heterocycles. The first-order chi connectivity index (χ1) is 8.19. The molecular weight excluding hydrogens is 232 g/mol. The molecule has 0 saturated heterocycles. The molecule has 0 aromatic carbocycles. The van der Waals surface area contributed by atoms with E-state index in [1.165, 1.54) is 5.56 Å². The van der Waals surface area contributed by atoms with Crippen molar-refractivity contribution >= 4 is 11.3 Å². The van der Waals surface area contributed by atoms with E-state index in [9.17, 15) is 5.11 Å². The van der Waals surface area contributed by atoms with Crippen LogP contribution in [-0.2, 0) is 12.8 Å². The summed E-state index contributed by atoms with van der Waals surface area (Å²) in [5.74, 6) is 0. The van der Waals surface area contributed by atoms with E-state index in [1.807, 2.05) is 24.6 Å². The van der Waals surface area contributed by atoms with Gasteiger partial charge in [-0.1, -0.05) is 13.0 Å². The highest BCUT2D eigenvalue weighted by molar-refractivity contribution is 7.09. The van der Waals surface area contributed by atoms with Gasteiger partial charge in [0.05, 0.1) is 10.7 Å². The number of aromatic nitrogens is 2. The molecule has 0 aliphatic rings. The van der Waals surface area contributed by atoms with E-state index in [2.05, 4.69) is 23.0 Å². The second-order valence-corrected chi connectivity index (χ2v) is 5.08. The fourth-order valence-electron chi connectivity index (χ4n) is 1.62. The highest BCUT2D eigenvalue weighted by Crippen LogP contribution is 2.19. The second-order valence-electron chi connectivity index (χ2n) is 4.02. The number of rotatable bonds is 4. The van der Waals surface area contributed by atoms with Crippen LogP contribution in [0.25, 0.3) is 0 Å². The maximum atomic E-state index is 10.0. The van der Waals surface area contributed by atoms with E-state index >= 15 is 0 Å². The molecule has 90 valence electrons.